The van der Waals surface area contributed by atoms with Crippen molar-refractivity contribution in [2.75, 3.05) is 12.9 Å². The van der Waals surface area contributed by atoms with Crippen LogP contribution >= 0.6 is 11.8 Å². The van der Waals surface area contributed by atoms with Crippen molar-refractivity contribution in [1.29, 1.82) is 0 Å². The molecule has 2 heterocycles. The fraction of sp³-hybridized carbons (Fsp3) is 0.467. The Morgan fingerprint density at radius 2 is 2.19 bits per heavy atom. The van der Waals surface area contributed by atoms with Gasteiger partial charge >= 0.3 is 135 Å². The molecule has 0 saturated carbocycles. The van der Waals surface area contributed by atoms with E-state index in [1.165, 1.54) is 4.44 Å². The van der Waals surface area contributed by atoms with Crippen molar-refractivity contribution >= 4 is 26.5 Å². The summed E-state index contributed by atoms with van der Waals surface area (Å²) in [5.41, 5.74) is 1.66. The van der Waals surface area contributed by atoms with Gasteiger partial charge in [-0.05, 0) is 0 Å². The molecule has 1 aliphatic rings. The summed E-state index contributed by atoms with van der Waals surface area (Å²) >= 11 is 1.84. The summed E-state index contributed by atoms with van der Waals surface area (Å²) in [6.07, 6.45) is 1.13. The monoisotopic (exact) mass is 370 g/mol. The molecular weight excluding hydrogens is 351 g/mol. The molecule has 3 rings (SSSR count). The van der Waals surface area contributed by atoms with Crippen molar-refractivity contribution in [3.8, 4) is 22.8 Å². The van der Waals surface area contributed by atoms with E-state index in [-0.39, 0.29) is 20.3 Å². The normalized spacial score (nSPS) is 15.0. The molecule has 1 aromatic carbocycles. The maximum atomic E-state index is 6.22. The predicted molar refractivity (Wildman–Crippen MR) is 85.6 cm³/mol. The first kappa shape index (κ1) is 14.9. The van der Waals surface area contributed by atoms with Gasteiger partial charge in [0, 0.05) is 0 Å². The van der Waals surface area contributed by atoms with Crippen LogP contribution in [0.3, 0.4) is 0 Å². The Labute approximate surface area is 135 Å². The third kappa shape index (κ3) is 2.60. The zero-order valence-corrected chi connectivity index (χ0v) is 15.1. The SMILES string of the molecule is CCCSc1cc2c(cc1OC)-c1nn[se]c1C(C)(C)O2. The minimum atomic E-state index is -0.326. The van der Waals surface area contributed by atoms with Gasteiger partial charge in [-0.3, -0.25) is 0 Å². The number of hydrogen-bond acceptors (Lipinski definition) is 5. The molecule has 6 heteroatoms. The van der Waals surface area contributed by atoms with E-state index >= 15 is 0 Å². The van der Waals surface area contributed by atoms with Crippen molar-refractivity contribution < 1.29 is 9.47 Å². The molecular formula is C15H18N2O2SSe. The minimum absolute atomic E-state index is 0.0411. The third-order valence-electron chi connectivity index (χ3n) is 3.38. The molecule has 0 atom stereocenters. The summed E-state index contributed by atoms with van der Waals surface area (Å²) in [5.74, 6) is 2.83. The van der Waals surface area contributed by atoms with E-state index in [1.807, 2.05) is 6.07 Å². The summed E-state index contributed by atoms with van der Waals surface area (Å²) in [6, 6.07) is 4.12. The van der Waals surface area contributed by atoms with Crippen molar-refractivity contribution in [2.45, 2.75) is 37.7 Å². The van der Waals surface area contributed by atoms with Crippen LogP contribution < -0.4 is 9.47 Å². The molecule has 0 aliphatic carbocycles. The first-order valence-corrected chi connectivity index (χ1v) is 9.54. The van der Waals surface area contributed by atoms with Gasteiger partial charge in [0.15, 0.2) is 0 Å². The predicted octanol–water partition coefficient (Wildman–Crippen LogP) is 3.34. The van der Waals surface area contributed by atoms with E-state index in [0.29, 0.717) is 0 Å². The molecule has 4 nitrogen and oxygen atoms in total. The van der Waals surface area contributed by atoms with Gasteiger partial charge in [0.1, 0.15) is 0 Å². The topological polar surface area (TPSA) is 44.2 Å². The van der Waals surface area contributed by atoms with Crippen LogP contribution in [0.5, 0.6) is 11.5 Å². The Morgan fingerprint density at radius 3 is 2.90 bits per heavy atom. The van der Waals surface area contributed by atoms with Crippen molar-refractivity contribution in [3.05, 3.63) is 16.6 Å². The van der Waals surface area contributed by atoms with Crippen LogP contribution in [0.25, 0.3) is 11.3 Å². The Morgan fingerprint density at radius 1 is 1.38 bits per heavy atom. The number of methoxy groups -OCH3 is 1. The fourth-order valence-corrected chi connectivity index (χ4v) is 4.75. The fourth-order valence-electron chi connectivity index (χ4n) is 2.38. The summed E-state index contributed by atoms with van der Waals surface area (Å²) in [7, 11) is 1.71. The summed E-state index contributed by atoms with van der Waals surface area (Å²) in [5, 5.41) is 4.35. The Bertz CT molecular complexity index is 670. The average Bonchev–Trinajstić information content (AvgIpc) is 2.94. The molecule has 21 heavy (non-hydrogen) atoms. The molecule has 0 saturated heterocycles. The quantitative estimate of drug-likeness (QED) is 0.611. The van der Waals surface area contributed by atoms with Gasteiger partial charge in [-0.2, -0.15) is 0 Å². The Balaban J connectivity index is 2.12. The second-order valence-electron chi connectivity index (χ2n) is 5.41. The zero-order valence-electron chi connectivity index (χ0n) is 12.6. The Kier molecular flexibility index (Phi) is 4.04. The van der Waals surface area contributed by atoms with Gasteiger partial charge in [-0.1, -0.05) is 0 Å². The summed E-state index contributed by atoms with van der Waals surface area (Å²) in [4.78, 5) is 1.12. The maximum absolute atomic E-state index is 6.22. The molecule has 0 unspecified atom stereocenters. The van der Waals surface area contributed by atoms with Crippen molar-refractivity contribution in [2.24, 2.45) is 0 Å². The molecule has 2 aromatic rings. The molecule has 112 valence electrons. The molecule has 1 aromatic heterocycles. The van der Waals surface area contributed by atoms with Gasteiger partial charge in [0.2, 0.25) is 0 Å². The average molecular weight is 369 g/mol. The van der Waals surface area contributed by atoms with Crippen LogP contribution in [-0.2, 0) is 5.60 Å². The van der Waals surface area contributed by atoms with Gasteiger partial charge in [-0.15, -0.1) is 0 Å². The summed E-state index contributed by atoms with van der Waals surface area (Å²) < 4.78 is 17.2. The number of ether oxygens (including phenoxy) is 2. The van der Waals surface area contributed by atoms with E-state index in [1.54, 1.807) is 18.9 Å². The third-order valence-corrected chi connectivity index (χ3v) is 6.79. The second kappa shape index (κ2) is 5.67. The first-order chi connectivity index (χ1) is 10.1. The Hall–Kier alpha value is -0.971. The zero-order chi connectivity index (χ0) is 15.0. The molecule has 0 fully saturated rings. The number of nitrogens with zero attached hydrogens (tertiary/aromatic N) is 2. The van der Waals surface area contributed by atoms with Crippen LogP contribution in [0.4, 0.5) is 0 Å². The number of thioether (sulfide) groups is 1. The number of rotatable bonds is 4. The molecule has 0 N–H and O–H groups in total. The van der Waals surface area contributed by atoms with Crippen LogP contribution in [0.2, 0.25) is 0 Å². The van der Waals surface area contributed by atoms with Crippen molar-refractivity contribution in [1.82, 2.24) is 9.19 Å². The van der Waals surface area contributed by atoms with E-state index in [4.69, 9.17) is 9.47 Å². The first-order valence-electron chi connectivity index (χ1n) is 6.94. The number of fused-ring (bicyclic) bond motifs is 3. The molecule has 0 amide bonds. The molecule has 0 radical (unpaired) electrons. The molecule has 1 aliphatic heterocycles. The van der Waals surface area contributed by atoms with E-state index < -0.39 is 0 Å². The number of hydrogen-bond donors (Lipinski definition) is 0. The summed E-state index contributed by atoms with van der Waals surface area (Å²) in [6.45, 7) is 6.36. The number of aromatic nitrogens is 2. The standard InChI is InChI=1S/C15H18N2O2SSe/c1-5-6-20-12-8-10-9(7-11(12)18-4)13-14(21-17-16-13)15(2,3)19-10/h7-8H,5-6H2,1-4H3. The second-order valence-corrected chi connectivity index (χ2v) is 8.13. The van der Waals surface area contributed by atoms with E-state index in [9.17, 15) is 0 Å². The van der Waals surface area contributed by atoms with Gasteiger partial charge in [-0.25, -0.2) is 0 Å². The number of benzene rings is 1. The van der Waals surface area contributed by atoms with Crippen LogP contribution in [-0.4, -0.2) is 36.8 Å². The molecule has 0 spiro atoms. The molecule has 0 bridgehead atoms. The van der Waals surface area contributed by atoms with Crippen LogP contribution in [0.15, 0.2) is 17.0 Å². The van der Waals surface area contributed by atoms with Crippen molar-refractivity contribution in [3.63, 3.8) is 0 Å². The van der Waals surface area contributed by atoms with Gasteiger partial charge in [0.25, 0.3) is 0 Å². The van der Waals surface area contributed by atoms with Crippen LogP contribution in [0, 0.1) is 0 Å². The van der Waals surface area contributed by atoms with E-state index in [2.05, 4.69) is 36.0 Å². The van der Waals surface area contributed by atoms with E-state index in [0.717, 1.165) is 39.8 Å². The van der Waals surface area contributed by atoms with Crippen LogP contribution in [0.1, 0.15) is 31.6 Å². The van der Waals surface area contributed by atoms with Gasteiger partial charge in [0.05, 0.1) is 0 Å². The van der Waals surface area contributed by atoms with Gasteiger partial charge < -0.3 is 0 Å².